The molecule has 4 nitrogen and oxygen atoms in total. The number of fused-ring (bicyclic) bond motifs is 1. The number of aromatic nitrogens is 2. The number of anilines is 4. The van der Waals surface area contributed by atoms with Crippen molar-refractivity contribution in [2.45, 2.75) is 38.0 Å². The molecule has 5 heteroatoms. The molecule has 0 saturated heterocycles. The van der Waals surface area contributed by atoms with Gasteiger partial charge < -0.3 is 9.80 Å². The fourth-order valence-electron chi connectivity index (χ4n) is 5.13. The van der Waals surface area contributed by atoms with Crippen LogP contribution in [0.1, 0.15) is 43.6 Å². The van der Waals surface area contributed by atoms with Gasteiger partial charge in [0.05, 0.1) is 0 Å². The molecular weight excluding hydrogens is 597 g/mol. The topological polar surface area (TPSA) is 32.3 Å². The summed E-state index contributed by atoms with van der Waals surface area (Å²) in [6, 6.07) is 29.0. The minimum absolute atomic E-state index is 0. The average Bonchev–Trinajstić information content (AvgIpc) is 3.30. The zero-order chi connectivity index (χ0) is 22.0. The SMILES string of the molecule is [Ir].[c-]1ccc(-c2ccccc2C2CCCCC2)cc1N1[CH-]N(c2ccccc2)c2nccnc21. The molecule has 0 spiro atoms. The third-order valence-electron chi connectivity index (χ3n) is 6.74. The number of rotatable bonds is 4. The van der Waals surface area contributed by atoms with E-state index in [0.29, 0.717) is 5.92 Å². The second kappa shape index (κ2) is 10.1. The van der Waals surface area contributed by atoms with Crippen LogP contribution in [0.4, 0.5) is 23.0 Å². The summed E-state index contributed by atoms with van der Waals surface area (Å²) in [6.45, 7) is 2.06. The third kappa shape index (κ3) is 4.26. The maximum atomic E-state index is 4.66. The van der Waals surface area contributed by atoms with Gasteiger partial charge in [0.25, 0.3) is 0 Å². The third-order valence-corrected chi connectivity index (χ3v) is 6.74. The van der Waals surface area contributed by atoms with E-state index in [-0.39, 0.29) is 20.1 Å². The van der Waals surface area contributed by atoms with Crippen molar-refractivity contribution < 1.29 is 20.1 Å². The first kappa shape index (κ1) is 22.8. The van der Waals surface area contributed by atoms with Gasteiger partial charge in [0.15, 0.2) is 0 Å². The first-order valence-electron chi connectivity index (χ1n) is 11.8. The van der Waals surface area contributed by atoms with Crippen molar-refractivity contribution in [1.29, 1.82) is 0 Å². The normalized spacial score (nSPS) is 15.6. The van der Waals surface area contributed by atoms with Crippen molar-refractivity contribution in [2.75, 3.05) is 9.80 Å². The summed E-state index contributed by atoms with van der Waals surface area (Å²) < 4.78 is 0. The number of nitrogens with zero attached hydrogens (tertiary/aromatic N) is 4. The zero-order valence-corrected chi connectivity index (χ0v) is 21.3. The maximum absolute atomic E-state index is 4.66. The molecule has 0 atom stereocenters. The second-order valence-corrected chi connectivity index (χ2v) is 8.78. The molecular formula is C29H26IrN4-2. The standard InChI is InChI=1S/C29H26N4.Ir/c1-3-10-22(11-4-1)26-16-7-8-17-27(26)23-12-9-15-25(20-23)33-21-32(24-13-5-2-6-14-24)28-29(33)31-19-18-30-28;/h2,5-9,12-14,16-22H,1,3-4,10-11H2;/q-2;. The van der Waals surface area contributed by atoms with Crippen molar-refractivity contribution >= 4 is 23.0 Å². The van der Waals surface area contributed by atoms with E-state index >= 15 is 0 Å². The molecule has 4 aromatic rings. The van der Waals surface area contributed by atoms with Gasteiger partial charge in [-0.25, -0.2) is 9.97 Å². The van der Waals surface area contributed by atoms with E-state index in [2.05, 4.69) is 81.0 Å². The Morgan fingerprint density at radius 3 is 2.29 bits per heavy atom. The number of hydrogen-bond acceptors (Lipinski definition) is 4. The number of hydrogen-bond donors (Lipinski definition) is 0. The van der Waals surface area contributed by atoms with Crippen LogP contribution in [0.25, 0.3) is 11.1 Å². The van der Waals surface area contributed by atoms with Gasteiger partial charge in [-0.15, -0.1) is 24.0 Å². The van der Waals surface area contributed by atoms with Crippen LogP contribution in [-0.4, -0.2) is 9.97 Å². The monoisotopic (exact) mass is 623 g/mol. The fraction of sp³-hybridized carbons (Fsp3) is 0.207. The van der Waals surface area contributed by atoms with E-state index in [0.717, 1.165) is 23.0 Å². The van der Waals surface area contributed by atoms with Crippen LogP contribution in [0.5, 0.6) is 0 Å². The molecule has 0 N–H and O–H groups in total. The first-order chi connectivity index (χ1) is 16.4. The first-order valence-corrected chi connectivity index (χ1v) is 11.8. The Labute approximate surface area is 215 Å². The molecule has 2 aliphatic rings. The average molecular weight is 623 g/mol. The van der Waals surface area contributed by atoms with E-state index in [1.54, 1.807) is 12.4 Å². The molecule has 173 valence electrons. The quantitative estimate of drug-likeness (QED) is 0.222. The summed E-state index contributed by atoms with van der Waals surface area (Å²) in [5.41, 5.74) is 6.05. The summed E-state index contributed by atoms with van der Waals surface area (Å²) in [6.07, 6.45) is 10.1. The Kier molecular flexibility index (Phi) is 6.75. The van der Waals surface area contributed by atoms with Gasteiger partial charge in [0.1, 0.15) is 11.6 Å². The van der Waals surface area contributed by atoms with Crippen LogP contribution in [0.2, 0.25) is 0 Å². The van der Waals surface area contributed by atoms with Gasteiger partial charge in [-0.1, -0.05) is 61.7 Å². The fourth-order valence-corrected chi connectivity index (χ4v) is 5.13. The van der Waals surface area contributed by atoms with E-state index in [1.807, 2.05) is 24.3 Å². The van der Waals surface area contributed by atoms with Crippen LogP contribution in [-0.2, 0) is 20.1 Å². The summed E-state index contributed by atoms with van der Waals surface area (Å²) in [4.78, 5) is 13.4. The minimum atomic E-state index is 0. The van der Waals surface area contributed by atoms with Crippen molar-refractivity contribution in [1.82, 2.24) is 9.97 Å². The van der Waals surface area contributed by atoms with Crippen molar-refractivity contribution in [3.63, 3.8) is 0 Å². The molecule has 1 aliphatic heterocycles. The molecule has 34 heavy (non-hydrogen) atoms. The largest absolute Gasteiger partial charge is 0.477 e. The Morgan fingerprint density at radius 1 is 0.794 bits per heavy atom. The number of para-hydroxylation sites is 1. The Bertz CT molecular complexity index is 1250. The summed E-state index contributed by atoms with van der Waals surface area (Å²) in [7, 11) is 0. The van der Waals surface area contributed by atoms with Gasteiger partial charge in [-0.3, -0.25) is 0 Å². The Hall–Kier alpha value is -3.01. The Balaban J connectivity index is 0.00000241. The summed E-state index contributed by atoms with van der Waals surface area (Å²) in [5, 5.41) is 0. The Morgan fingerprint density at radius 2 is 1.50 bits per heavy atom. The molecule has 2 heterocycles. The summed E-state index contributed by atoms with van der Waals surface area (Å²) in [5.74, 6) is 2.29. The molecule has 1 aliphatic carbocycles. The molecule has 6 rings (SSSR count). The zero-order valence-electron chi connectivity index (χ0n) is 18.9. The molecule has 1 fully saturated rings. The predicted octanol–water partition coefficient (Wildman–Crippen LogP) is 7.40. The van der Waals surface area contributed by atoms with Gasteiger partial charge in [0.2, 0.25) is 0 Å². The molecule has 0 unspecified atom stereocenters. The van der Waals surface area contributed by atoms with E-state index in [4.69, 9.17) is 0 Å². The van der Waals surface area contributed by atoms with Crippen LogP contribution in [0.3, 0.4) is 0 Å². The van der Waals surface area contributed by atoms with E-state index in [9.17, 15) is 0 Å². The van der Waals surface area contributed by atoms with Crippen LogP contribution < -0.4 is 9.80 Å². The van der Waals surface area contributed by atoms with Gasteiger partial charge in [0, 0.05) is 38.2 Å². The molecule has 1 saturated carbocycles. The minimum Gasteiger partial charge on any atom is -0.477 e. The van der Waals surface area contributed by atoms with Crippen LogP contribution >= 0.6 is 0 Å². The van der Waals surface area contributed by atoms with Crippen molar-refractivity contribution in [2.24, 2.45) is 0 Å². The van der Waals surface area contributed by atoms with Crippen LogP contribution in [0, 0.1) is 12.7 Å². The van der Waals surface area contributed by atoms with Gasteiger partial charge in [-0.2, -0.15) is 18.2 Å². The molecule has 0 bridgehead atoms. The maximum Gasteiger partial charge on any atom is 0.145 e. The molecule has 0 amide bonds. The smallest absolute Gasteiger partial charge is 0.145 e. The number of benzene rings is 3. The molecule has 1 aromatic heterocycles. The van der Waals surface area contributed by atoms with Gasteiger partial charge in [-0.05, 0) is 42.0 Å². The van der Waals surface area contributed by atoms with Crippen molar-refractivity contribution in [3.05, 3.63) is 103 Å². The van der Waals surface area contributed by atoms with Crippen LogP contribution in [0.15, 0.2) is 85.2 Å². The van der Waals surface area contributed by atoms with E-state index in [1.165, 1.54) is 48.8 Å². The molecule has 3 aromatic carbocycles. The second-order valence-electron chi connectivity index (χ2n) is 8.78. The summed E-state index contributed by atoms with van der Waals surface area (Å²) >= 11 is 0. The van der Waals surface area contributed by atoms with Crippen molar-refractivity contribution in [3.8, 4) is 11.1 Å². The molecule has 1 radical (unpaired) electrons. The van der Waals surface area contributed by atoms with E-state index < -0.39 is 0 Å². The predicted molar refractivity (Wildman–Crippen MR) is 134 cm³/mol. The van der Waals surface area contributed by atoms with Gasteiger partial charge >= 0.3 is 0 Å².